The molecule has 0 aliphatic heterocycles. The van der Waals surface area contributed by atoms with E-state index in [0.29, 0.717) is 0 Å². The summed E-state index contributed by atoms with van der Waals surface area (Å²) in [7, 11) is 4.20. The van der Waals surface area contributed by atoms with Gasteiger partial charge in [0.1, 0.15) is 0 Å². The van der Waals surface area contributed by atoms with Crippen molar-refractivity contribution >= 4 is 21.4 Å². The first-order chi connectivity index (χ1) is 9.15. The van der Waals surface area contributed by atoms with Crippen molar-refractivity contribution in [2.24, 2.45) is 0 Å². The van der Waals surface area contributed by atoms with Gasteiger partial charge < -0.3 is 10.0 Å². The SMILES string of the molecule is CN(C)C1(C(O)c2cccc3ccsc23)CCCC1. The molecule has 1 heterocycles. The summed E-state index contributed by atoms with van der Waals surface area (Å²) in [4.78, 5) is 2.23. The molecule has 2 aromatic rings. The van der Waals surface area contributed by atoms with Gasteiger partial charge >= 0.3 is 0 Å². The predicted octanol–water partition coefficient (Wildman–Crippen LogP) is 3.81. The summed E-state index contributed by atoms with van der Waals surface area (Å²) in [5.74, 6) is 0. The lowest BCUT2D eigenvalue weighted by atomic mass is 9.84. The largest absolute Gasteiger partial charge is 0.386 e. The fourth-order valence-electron chi connectivity index (χ4n) is 3.47. The number of aliphatic hydroxyl groups excluding tert-OH is 1. The number of thiophene rings is 1. The molecule has 3 heteroatoms. The van der Waals surface area contributed by atoms with Crippen molar-refractivity contribution in [3.05, 3.63) is 35.2 Å². The standard InChI is InChI=1S/C16H21NOS/c1-17(2)16(9-3-4-10-16)15(18)13-7-5-6-12-8-11-19-14(12)13/h5-8,11,15,18H,3-4,9-10H2,1-2H3. The maximum absolute atomic E-state index is 11.0. The van der Waals surface area contributed by atoms with Gasteiger partial charge in [-0.15, -0.1) is 11.3 Å². The molecule has 1 aromatic heterocycles. The van der Waals surface area contributed by atoms with Crippen molar-refractivity contribution in [3.63, 3.8) is 0 Å². The fourth-order valence-corrected chi connectivity index (χ4v) is 4.41. The molecular formula is C16H21NOS. The highest BCUT2D eigenvalue weighted by atomic mass is 32.1. The molecule has 0 saturated heterocycles. The molecule has 1 aromatic carbocycles. The van der Waals surface area contributed by atoms with Gasteiger partial charge in [-0.2, -0.15) is 0 Å². The maximum atomic E-state index is 11.0. The van der Waals surface area contributed by atoms with Crippen LogP contribution < -0.4 is 0 Å². The van der Waals surface area contributed by atoms with Crippen molar-refractivity contribution in [2.45, 2.75) is 37.3 Å². The van der Waals surface area contributed by atoms with Crippen molar-refractivity contribution in [1.29, 1.82) is 0 Å². The van der Waals surface area contributed by atoms with Crippen molar-refractivity contribution in [2.75, 3.05) is 14.1 Å². The van der Waals surface area contributed by atoms with Crippen LogP contribution in [0.1, 0.15) is 37.4 Å². The second-order valence-electron chi connectivity index (χ2n) is 5.79. The fraction of sp³-hybridized carbons (Fsp3) is 0.500. The Bertz CT molecular complexity index is 569. The van der Waals surface area contributed by atoms with Gasteiger partial charge in [0.15, 0.2) is 0 Å². The topological polar surface area (TPSA) is 23.5 Å². The summed E-state index contributed by atoms with van der Waals surface area (Å²) in [6.07, 6.45) is 4.21. The summed E-state index contributed by atoms with van der Waals surface area (Å²) in [5, 5.41) is 14.4. The lowest BCUT2D eigenvalue weighted by molar-refractivity contribution is -0.00378. The van der Waals surface area contributed by atoms with Gasteiger partial charge in [0, 0.05) is 10.3 Å². The Hall–Kier alpha value is -0.900. The first-order valence-electron chi connectivity index (χ1n) is 6.97. The number of aliphatic hydroxyl groups is 1. The first-order valence-corrected chi connectivity index (χ1v) is 7.85. The molecule has 0 radical (unpaired) electrons. The van der Waals surface area contributed by atoms with Gasteiger partial charge in [0.05, 0.1) is 11.6 Å². The van der Waals surface area contributed by atoms with Gasteiger partial charge in [-0.1, -0.05) is 31.0 Å². The van der Waals surface area contributed by atoms with Crippen LogP contribution in [0.25, 0.3) is 10.1 Å². The number of hydrogen-bond acceptors (Lipinski definition) is 3. The minimum absolute atomic E-state index is 0.0850. The molecule has 2 nitrogen and oxygen atoms in total. The molecule has 102 valence electrons. The second kappa shape index (κ2) is 4.89. The number of likely N-dealkylation sites (N-methyl/N-ethyl adjacent to an activating group) is 1. The van der Waals surface area contributed by atoms with Crippen LogP contribution in [0.3, 0.4) is 0 Å². The molecule has 0 bridgehead atoms. The third-order valence-electron chi connectivity index (χ3n) is 4.67. The van der Waals surface area contributed by atoms with Crippen molar-refractivity contribution < 1.29 is 5.11 Å². The van der Waals surface area contributed by atoms with E-state index in [0.717, 1.165) is 18.4 Å². The van der Waals surface area contributed by atoms with E-state index in [1.165, 1.54) is 22.9 Å². The Labute approximate surface area is 118 Å². The van der Waals surface area contributed by atoms with E-state index in [1.54, 1.807) is 11.3 Å². The molecule has 1 N–H and O–H groups in total. The average molecular weight is 275 g/mol. The smallest absolute Gasteiger partial charge is 0.0987 e. The minimum atomic E-state index is -0.396. The number of fused-ring (bicyclic) bond motifs is 1. The third-order valence-corrected chi connectivity index (χ3v) is 5.65. The normalized spacial score (nSPS) is 20.2. The highest BCUT2D eigenvalue weighted by Crippen LogP contribution is 2.45. The number of hydrogen-bond donors (Lipinski definition) is 1. The van der Waals surface area contributed by atoms with Gasteiger partial charge in [0.2, 0.25) is 0 Å². The second-order valence-corrected chi connectivity index (χ2v) is 6.71. The lowest BCUT2D eigenvalue weighted by Crippen LogP contribution is -2.47. The Morgan fingerprint density at radius 2 is 1.95 bits per heavy atom. The molecule has 0 spiro atoms. The average Bonchev–Trinajstić information content (AvgIpc) is 3.06. The molecular weight excluding hydrogens is 254 g/mol. The van der Waals surface area contributed by atoms with Gasteiger partial charge in [0.25, 0.3) is 0 Å². The monoisotopic (exact) mass is 275 g/mol. The molecule has 1 fully saturated rings. The Balaban J connectivity index is 2.07. The van der Waals surface area contributed by atoms with Crippen LogP contribution >= 0.6 is 11.3 Å². The van der Waals surface area contributed by atoms with Crippen LogP contribution in [0.4, 0.5) is 0 Å². The summed E-state index contributed by atoms with van der Waals surface area (Å²) < 4.78 is 1.24. The Kier molecular flexibility index (Phi) is 3.37. The molecule has 1 atom stereocenters. The van der Waals surface area contributed by atoms with E-state index in [4.69, 9.17) is 0 Å². The highest BCUT2D eigenvalue weighted by Gasteiger charge is 2.43. The third kappa shape index (κ3) is 2.00. The van der Waals surface area contributed by atoms with Crippen LogP contribution in [0.5, 0.6) is 0 Å². The predicted molar refractivity (Wildman–Crippen MR) is 81.7 cm³/mol. The number of rotatable bonds is 3. The molecule has 1 saturated carbocycles. The van der Waals surface area contributed by atoms with Gasteiger partial charge in [-0.3, -0.25) is 0 Å². The lowest BCUT2D eigenvalue weighted by Gasteiger charge is -2.41. The summed E-state index contributed by atoms with van der Waals surface area (Å²) in [5.41, 5.74) is 1.02. The summed E-state index contributed by atoms with van der Waals surface area (Å²) >= 11 is 1.73. The number of benzene rings is 1. The zero-order valence-corrected chi connectivity index (χ0v) is 12.4. The van der Waals surface area contributed by atoms with Gasteiger partial charge in [-0.05, 0) is 43.8 Å². The van der Waals surface area contributed by atoms with E-state index < -0.39 is 6.10 Å². The van der Waals surface area contributed by atoms with Crippen molar-refractivity contribution in [3.8, 4) is 0 Å². The summed E-state index contributed by atoms with van der Waals surface area (Å²) in [6, 6.07) is 8.41. The van der Waals surface area contributed by atoms with Crippen LogP contribution in [0, 0.1) is 0 Å². The van der Waals surface area contributed by atoms with Crippen LogP contribution in [-0.4, -0.2) is 29.6 Å². The molecule has 1 unspecified atom stereocenters. The molecule has 19 heavy (non-hydrogen) atoms. The van der Waals surface area contributed by atoms with Crippen LogP contribution in [0.2, 0.25) is 0 Å². The van der Waals surface area contributed by atoms with Crippen LogP contribution in [0.15, 0.2) is 29.6 Å². The quantitative estimate of drug-likeness (QED) is 0.920. The zero-order chi connectivity index (χ0) is 13.5. The van der Waals surface area contributed by atoms with E-state index >= 15 is 0 Å². The van der Waals surface area contributed by atoms with Gasteiger partial charge in [-0.25, -0.2) is 0 Å². The molecule has 0 amide bonds. The van der Waals surface area contributed by atoms with E-state index in [2.05, 4.69) is 48.6 Å². The number of nitrogens with zero attached hydrogens (tertiary/aromatic N) is 1. The molecule has 1 aliphatic carbocycles. The summed E-state index contributed by atoms with van der Waals surface area (Å²) in [6.45, 7) is 0. The van der Waals surface area contributed by atoms with Crippen molar-refractivity contribution in [1.82, 2.24) is 4.90 Å². The van der Waals surface area contributed by atoms with E-state index in [-0.39, 0.29) is 5.54 Å². The van der Waals surface area contributed by atoms with Crippen LogP contribution in [-0.2, 0) is 0 Å². The minimum Gasteiger partial charge on any atom is -0.386 e. The first kappa shape index (κ1) is 13.1. The Morgan fingerprint density at radius 3 is 2.63 bits per heavy atom. The van der Waals surface area contributed by atoms with E-state index in [9.17, 15) is 5.11 Å². The Morgan fingerprint density at radius 1 is 1.21 bits per heavy atom. The highest BCUT2D eigenvalue weighted by molar-refractivity contribution is 7.17. The van der Waals surface area contributed by atoms with E-state index in [1.807, 2.05) is 0 Å². The molecule has 1 aliphatic rings. The maximum Gasteiger partial charge on any atom is 0.0987 e. The molecule has 3 rings (SSSR count). The zero-order valence-electron chi connectivity index (χ0n) is 11.6.